The van der Waals surface area contributed by atoms with Crippen molar-refractivity contribution in [1.82, 2.24) is 14.9 Å². The number of anilines is 1. The van der Waals surface area contributed by atoms with Crippen molar-refractivity contribution < 1.29 is 14.3 Å². The lowest BCUT2D eigenvalue weighted by atomic mass is 9.96. The number of ether oxygens (including phenoxy) is 2. The molecule has 0 amide bonds. The van der Waals surface area contributed by atoms with Gasteiger partial charge in [-0.15, -0.1) is 0 Å². The van der Waals surface area contributed by atoms with Crippen LogP contribution >= 0.6 is 12.2 Å². The lowest BCUT2D eigenvalue weighted by molar-refractivity contribution is 0.0600. The molecule has 0 radical (unpaired) electrons. The number of aromatic nitrogens is 2. The summed E-state index contributed by atoms with van der Waals surface area (Å²) in [5.74, 6) is 0.346. The number of nitrogens with one attached hydrogen (secondary N) is 1. The molecule has 7 nitrogen and oxygen atoms in total. The summed E-state index contributed by atoms with van der Waals surface area (Å²) in [4.78, 5) is 19.3. The molecule has 37 heavy (non-hydrogen) atoms. The Bertz CT molecular complexity index is 1470. The van der Waals surface area contributed by atoms with Gasteiger partial charge < -0.3 is 24.3 Å². The first-order valence-electron chi connectivity index (χ1n) is 12.0. The van der Waals surface area contributed by atoms with Crippen LogP contribution in [0, 0.1) is 13.8 Å². The zero-order valence-electron chi connectivity index (χ0n) is 21.1. The van der Waals surface area contributed by atoms with Gasteiger partial charge in [-0.05, 0) is 74.1 Å². The number of hydrogen-bond donors (Lipinski definition) is 1. The van der Waals surface area contributed by atoms with E-state index >= 15 is 0 Å². The number of thiocarbonyl (C=S) groups is 1. The lowest BCUT2D eigenvalue weighted by Crippen LogP contribution is -2.30. The van der Waals surface area contributed by atoms with Crippen LogP contribution in [-0.2, 0) is 4.74 Å². The second kappa shape index (κ2) is 10.1. The summed E-state index contributed by atoms with van der Waals surface area (Å²) in [7, 11) is 3.06. The Morgan fingerprint density at radius 2 is 1.68 bits per heavy atom. The van der Waals surface area contributed by atoms with Crippen LogP contribution in [0.15, 0.2) is 79.0 Å². The van der Waals surface area contributed by atoms with Gasteiger partial charge in [-0.25, -0.2) is 4.79 Å². The van der Waals surface area contributed by atoms with Gasteiger partial charge in [-0.3, -0.25) is 4.98 Å². The maximum Gasteiger partial charge on any atom is 0.339 e. The molecule has 188 valence electrons. The van der Waals surface area contributed by atoms with E-state index in [1.165, 1.54) is 7.11 Å². The lowest BCUT2D eigenvalue weighted by Gasteiger charge is -2.29. The van der Waals surface area contributed by atoms with E-state index < -0.39 is 0 Å². The van der Waals surface area contributed by atoms with Crippen LogP contribution in [0.5, 0.6) is 5.75 Å². The smallest absolute Gasteiger partial charge is 0.339 e. The average molecular weight is 513 g/mol. The Kier molecular flexibility index (Phi) is 6.67. The summed E-state index contributed by atoms with van der Waals surface area (Å²) in [5, 5.41) is 4.10. The number of aryl methyl sites for hydroxylation is 1. The quantitative estimate of drug-likeness (QED) is 0.272. The van der Waals surface area contributed by atoms with E-state index in [-0.39, 0.29) is 18.1 Å². The topological polar surface area (TPSA) is 68.6 Å². The Balaban J connectivity index is 1.72. The first-order valence-corrected chi connectivity index (χ1v) is 12.4. The molecule has 5 rings (SSSR count). The summed E-state index contributed by atoms with van der Waals surface area (Å²) in [6.07, 6.45) is 1.79. The molecule has 1 aliphatic rings. The Hall–Kier alpha value is -4.17. The highest BCUT2D eigenvalue weighted by Crippen LogP contribution is 2.46. The van der Waals surface area contributed by atoms with E-state index in [1.54, 1.807) is 19.4 Å². The highest BCUT2D eigenvalue weighted by Gasteiger charge is 2.43. The van der Waals surface area contributed by atoms with E-state index in [9.17, 15) is 4.79 Å². The molecule has 4 aromatic rings. The minimum atomic E-state index is -0.379. The number of pyridine rings is 1. The van der Waals surface area contributed by atoms with Crippen LogP contribution in [0.3, 0.4) is 0 Å². The molecular weight excluding hydrogens is 484 g/mol. The van der Waals surface area contributed by atoms with E-state index in [2.05, 4.69) is 32.8 Å². The molecule has 2 atom stereocenters. The molecule has 2 aromatic heterocycles. The number of rotatable bonds is 6. The molecule has 1 N–H and O–H groups in total. The predicted octanol–water partition coefficient (Wildman–Crippen LogP) is 5.46. The molecule has 2 unspecified atom stereocenters. The highest BCUT2D eigenvalue weighted by molar-refractivity contribution is 7.80. The monoisotopic (exact) mass is 512 g/mol. The van der Waals surface area contributed by atoms with Gasteiger partial charge in [0.2, 0.25) is 0 Å². The number of carbonyl (C=O) groups excluding carboxylic acids is 1. The maximum atomic E-state index is 12.6. The van der Waals surface area contributed by atoms with Gasteiger partial charge in [-0.2, -0.15) is 0 Å². The number of carbonyl (C=O) groups is 1. The highest BCUT2D eigenvalue weighted by atomic mass is 32.1. The molecule has 0 aliphatic carbocycles. The van der Waals surface area contributed by atoms with Crippen LogP contribution in [0.25, 0.3) is 5.69 Å². The molecule has 1 aliphatic heterocycles. The molecule has 1 saturated heterocycles. The van der Waals surface area contributed by atoms with Crippen LogP contribution in [0.1, 0.15) is 45.1 Å². The Labute approximate surface area is 221 Å². The molecular formula is C29H28N4O3S. The largest absolute Gasteiger partial charge is 0.495 e. The fourth-order valence-electron chi connectivity index (χ4n) is 5.17. The van der Waals surface area contributed by atoms with Gasteiger partial charge >= 0.3 is 5.97 Å². The number of benzene rings is 2. The van der Waals surface area contributed by atoms with Crippen molar-refractivity contribution >= 4 is 29.0 Å². The third-order valence-corrected chi connectivity index (χ3v) is 7.10. The standard InChI is InChI=1S/C29H28N4O3S/c1-18-17-21(19(2)32(18)23-13-6-5-11-20(23)28(34)36-4)27-26(22-12-9-10-16-30-22)31-29(37)33(27)24-14-7-8-15-25(24)35-3/h5-17,26-27H,1-4H3,(H,31,37). The van der Waals surface area contributed by atoms with Gasteiger partial charge in [0.25, 0.3) is 0 Å². The van der Waals surface area contributed by atoms with Gasteiger partial charge in [0.05, 0.1) is 48.9 Å². The molecule has 0 spiro atoms. The minimum Gasteiger partial charge on any atom is -0.495 e. The normalized spacial score (nSPS) is 17.0. The van der Waals surface area contributed by atoms with Crippen LogP contribution < -0.4 is 15.0 Å². The van der Waals surface area contributed by atoms with Crippen molar-refractivity contribution in [2.75, 3.05) is 19.1 Å². The van der Waals surface area contributed by atoms with Crippen LogP contribution in [0.2, 0.25) is 0 Å². The van der Waals surface area contributed by atoms with Crippen molar-refractivity contribution in [1.29, 1.82) is 0 Å². The molecule has 1 fully saturated rings. The van der Waals surface area contributed by atoms with Gasteiger partial charge in [-0.1, -0.05) is 30.3 Å². The number of para-hydroxylation sites is 3. The summed E-state index contributed by atoms with van der Waals surface area (Å²) in [6, 6.07) is 22.9. The molecule has 0 bridgehead atoms. The van der Waals surface area contributed by atoms with Gasteiger partial charge in [0.1, 0.15) is 5.75 Å². The van der Waals surface area contributed by atoms with E-state index in [1.807, 2.05) is 67.6 Å². The number of nitrogens with zero attached hydrogens (tertiary/aromatic N) is 3. The molecule has 8 heteroatoms. The third-order valence-electron chi connectivity index (χ3n) is 6.78. The second-order valence-corrected chi connectivity index (χ2v) is 9.23. The number of methoxy groups -OCH3 is 2. The second-order valence-electron chi connectivity index (χ2n) is 8.84. The molecule has 0 saturated carbocycles. The third kappa shape index (κ3) is 4.23. The fourth-order valence-corrected chi connectivity index (χ4v) is 5.51. The van der Waals surface area contributed by atoms with Crippen molar-refractivity contribution in [2.45, 2.75) is 25.9 Å². The number of esters is 1. The van der Waals surface area contributed by atoms with E-state index in [0.717, 1.165) is 39.8 Å². The predicted molar refractivity (Wildman–Crippen MR) is 148 cm³/mol. The van der Waals surface area contributed by atoms with Gasteiger partial charge in [0, 0.05) is 17.6 Å². The Morgan fingerprint density at radius 1 is 0.973 bits per heavy atom. The first-order chi connectivity index (χ1) is 18.0. The minimum absolute atomic E-state index is 0.205. The Morgan fingerprint density at radius 3 is 2.38 bits per heavy atom. The SMILES string of the molecule is COC(=O)c1ccccc1-n1c(C)cc(C2C(c3ccccn3)NC(=S)N2c2ccccc2OC)c1C. The fraction of sp³-hybridized carbons (Fsp3) is 0.207. The van der Waals surface area contributed by atoms with Crippen molar-refractivity contribution in [3.63, 3.8) is 0 Å². The van der Waals surface area contributed by atoms with Gasteiger partial charge in [0.15, 0.2) is 5.11 Å². The maximum absolute atomic E-state index is 12.6. The molecule has 3 heterocycles. The van der Waals surface area contributed by atoms with Crippen molar-refractivity contribution in [2.24, 2.45) is 0 Å². The zero-order chi connectivity index (χ0) is 26.1. The van der Waals surface area contributed by atoms with Crippen LogP contribution in [0.4, 0.5) is 5.69 Å². The summed E-state index contributed by atoms with van der Waals surface area (Å²) in [6.45, 7) is 4.10. The average Bonchev–Trinajstić information content (AvgIpc) is 3.43. The summed E-state index contributed by atoms with van der Waals surface area (Å²) < 4.78 is 12.9. The zero-order valence-corrected chi connectivity index (χ0v) is 22.0. The van der Waals surface area contributed by atoms with Crippen molar-refractivity contribution in [3.05, 3.63) is 107 Å². The first kappa shape index (κ1) is 24.5. The van der Waals surface area contributed by atoms with Crippen molar-refractivity contribution in [3.8, 4) is 11.4 Å². The van der Waals surface area contributed by atoms with Crippen LogP contribution in [-0.4, -0.2) is 34.9 Å². The summed E-state index contributed by atoms with van der Waals surface area (Å²) >= 11 is 5.89. The van der Waals surface area contributed by atoms with E-state index in [4.69, 9.17) is 21.7 Å². The number of hydrogen-bond acceptors (Lipinski definition) is 5. The molecule has 2 aromatic carbocycles. The van der Waals surface area contributed by atoms with E-state index in [0.29, 0.717) is 10.7 Å². The summed E-state index contributed by atoms with van der Waals surface area (Å²) in [5.41, 5.74) is 6.06.